The Hall–Kier alpha value is -2.55. The lowest BCUT2D eigenvalue weighted by atomic mass is 9.81. The molecular weight excluding hydrogens is 591 g/mol. The monoisotopic (exact) mass is 629 g/mol. The van der Waals surface area contributed by atoms with E-state index in [0.29, 0.717) is 35.7 Å². The molecule has 2 aromatic rings. The molecule has 4 rings (SSSR count). The number of thiazole rings is 1. The highest BCUT2D eigenvalue weighted by atomic mass is 32.2. The first-order valence-corrected chi connectivity index (χ1v) is 16.7. The van der Waals surface area contributed by atoms with E-state index in [2.05, 4.69) is 15.6 Å². The Kier molecular flexibility index (Phi) is 9.13. The van der Waals surface area contributed by atoms with Crippen molar-refractivity contribution in [1.82, 2.24) is 24.8 Å². The van der Waals surface area contributed by atoms with E-state index in [1.807, 2.05) is 20.8 Å². The average molecular weight is 630 g/mol. The molecule has 42 heavy (non-hydrogen) atoms. The number of carbonyl (C=O) groups is 2. The SMILES string of the molecule is CCC(NC(=O)[C@H](C)NC)(C(=O)N1CC[C@@H]2[C@H]1[C@@H](c1csc(-c3cccc(C(F)(F)F)c3)n1)CN2S(C)(=O)=O)C(C)C. The van der Waals surface area contributed by atoms with Gasteiger partial charge < -0.3 is 15.5 Å². The maximum absolute atomic E-state index is 14.4. The standard InChI is InChI=1S/C28H38F3N5O4S2/c1-7-27(16(2)3,34-24(37)17(4)32-5)26(38)35-12-11-22-23(35)20(14-36(22)42(6,39)40)21-15-41-25(33-21)18-9-8-10-19(13-18)28(29,30)31/h8-10,13,15-17,20,22-23,32H,7,11-12,14H2,1-6H3,(H,34,37)/t17-,20+,22+,23+,27?/m0/s1. The molecule has 14 heteroatoms. The number of alkyl halides is 3. The molecule has 2 N–H and O–H groups in total. The number of benzene rings is 1. The molecule has 2 aliphatic heterocycles. The molecular formula is C28H38F3N5O4S2. The Bertz CT molecular complexity index is 1430. The summed E-state index contributed by atoms with van der Waals surface area (Å²) in [4.78, 5) is 33.8. The zero-order valence-electron chi connectivity index (χ0n) is 24.5. The second-order valence-electron chi connectivity index (χ2n) is 11.4. The summed E-state index contributed by atoms with van der Waals surface area (Å²) in [5.41, 5.74) is -1.17. The second kappa shape index (κ2) is 11.9. The van der Waals surface area contributed by atoms with Crippen LogP contribution in [0.15, 0.2) is 29.6 Å². The summed E-state index contributed by atoms with van der Waals surface area (Å²) < 4.78 is 67.1. The Morgan fingerprint density at radius 2 is 1.90 bits per heavy atom. The van der Waals surface area contributed by atoms with Gasteiger partial charge >= 0.3 is 6.18 Å². The average Bonchev–Trinajstić information content (AvgIpc) is 3.66. The third-order valence-corrected chi connectivity index (χ3v) is 10.9. The highest BCUT2D eigenvalue weighted by Crippen LogP contribution is 2.44. The Morgan fingerprint density at radius 3 is 2.48 bits per heavy atom. The number of amides is 2. The van der Waals surface area contributed by atoms with E-state index in [1.54, 1.807) is 30.3 Å². The van der Waals surface area contributed by atoms with Gasteiger partial charge in [0.25, 0.3) is 0 Å². The number of aromatic nitrogens is 1. The smallest absolute Gasteiger partial charge is 0.340 e. The molecule has 1 unspecified atom stereocenters. The lowest BCUT2D eigenvalue weighted by Gasteiger charge is -2.42. The molecule has 2 amide bonds. The van der Waals surface area contributed by atoms with Crippen molar-refractivity contribution in [3.63, 3.8) is 0 Å². The minimum absolute atomic E-state index is 0.0909. The van der Waals surface area contributed by atoms with Gasteiger partial charge in [0.2, 0.25) is 21.8 Å². The van der Waals surface area contributed by atoms with Crippen LogP contribution >= 0.6 is 11.3 Å². The zero-order chi connectivity index (χ0) is 31.2. The van der Waals surface area contributed by atoms with Crippen molar-refractivity contribution in [2.45, 2.75) is 76.3 Å². The summed E-state index contributed by atoms with van der Waals surface area (Å²) >= 11 is 1.18. The van der Waals surface area contributed by atoms with Crippen LogP contribution in [0.3, 0.4) is 0 Å². The normalized spacial score (nSPS) is 23.6. The van der Waals surface area contributed by atoms with E-state index < -0.39 is 51.3 Å². The summed E-state index contributed by atoms with van der Waals surface area (Å²) in [7, 11) is -1.98. The van der Waals surface area contributed by atoms with Crippen molar-refractivity contribution in [2.75, 3.05) is 26.4 Å². The third kappa shape index (κ3) is 5.95. The topological polar surface area (TPSA) is 112 Å². The Balaban J connectivity index is 1.73. The van der Waals surface area contributed by atoms with Crippen molar-refractivity contribution in [2.24, 2.45) is 5.92 Å². The summed E-state index contributed by atoms with van der Waals surface area (Å²) in [6.07, 6.45) is -2.62. The van der Waals surface area contributed by atoms with Gasteiger partial charge in [-0.2, -0.15) is 17.5 Å². The van der Waals surface area contributed by atoms with Crippen molar-refractivity contribution in [3.8, 4) is 10.6 Å². The van der Waals surface area contributed by atoms with Gasteiger partial charge in [-0.3, -0.25) is 9.59 Å². The predicted octanol–water partition coefficient (Wildman–Crippen LogP) is 3.69. The number of carbonyl (C=O) groups excluding carboxylic acids is 2. The fourth-order valence-corrected chi connectivity index (χ4v) is 8.18. The predicted molar refractivity (Wildman–Crippen MR) is 155 cm³/mol. The molecule has 2 saturated heterocycles. The molecule has 1 aromatic carbocycles. The largest absolute Gasteiger partial charge is 0.416 e. The summed E-state index contributed by atoms with van der Waals surface area (Å²) in [5, 5.41) is 8.00. The third-order valence-electron chi connectivity index (χ3n) is 8.70. The van der Waals surface area contributed by atoms with Crippen molar-refractivity contribution < 1.29 is 31.2 Å². The molecule has 0 bridgehead atoms. The summed E-state index contributed by atoms with van der Waals surface area (Å²) in [6.45, 7) is 7.67. The van der Waals surface area contributed by atoms with Gasteiger partial charge in [-0.1, -0.05) is 32.9 Å². The molecule has 1 aromatic heterocycles. The van der Waals surface area contributed by atoms with Crippen LogP contribution in [0, 0.1) is 5.92 Å². The number of likely N-dealkylation sites (tertiary alicyclic amines) is 1. The quantitative estimate of drug-likeness (QED) is 0.438. The Morgan fingerprint density at radius 1 is 1.21 bits per heavy atom. The van der Waals surface area contributed by atoms with Crippen molar-refractivity contribution in [1.29, 1.82) is 0 Å². The lowest BCUT2D eigenvalue weighted by Crippen LogP contribution is -2.65. The van der Waals surface area contributed by atoms with E-state index in [1.165, 1.54) is 21.7 Å². The minimum Gasteiger partial charge on any atom is -0.340 e. The summed E-state index contributed by atoms with van der Waals surface area (Å²) in [5.74, 6) is -1.36. The summed E-state index contributed by atoms with van der Waals surface area (Å²) in [6, 6.07) is 3.35. The number of nitrogens with zero attached hydrogens (tertiary/aromatic N) is 3. The van der Waals surface area contributed by atoms with E-state index in [4.69, 9.17) is 0 Å². The van der Waals surface area contributed by atoms with E-state index >= 15 is 0 Å². The molecule has 0 radical (unpaired) electrons. The van der Waals surface area contributed by atoms with Crippen LogP contribution in [0.1, 0.15) is 57.7 Å². The van der Waals surface area contributed by atoms with Crippen LogP contribution < -0.4 is 10.6 Å². The number of likely N-dealkylation sites (N-methyl/N-ethyl adjacent to an activating group) is 1. The number of sulfonamides is 1. The maximum Gasteiger partial charge on any atom is 0.416 e. The van der Waals surface area contributed by atoms with Crippen LogP contribution in [0.25, 0.3) is 10.6 Å². The van der Waals surface area contributed by atoms with Crippen LogP contribution in [-0.4, -0.2) is 84.5 Å². The van der Waals surface area contributed by atoms with Gasteiger partial charge in [-0.25, -0.2) is 13.4 Å². The number of rotatable bonds is 9. The van der Waals surface area contributed by atoms with Crippen LogP contribution in [0.2, 0.25) is 0 Å². The van der Waals surface area contributed by atoms with Gasteiger partial charge in [0, 0.05) is 36.0 Å². The fourth-order valence-electron chi connectivity index (χ4n) is 6.15. The number of nitrogens with one attached hydrogen (secondary N) is 2. The second-order valence-corrected chi connectivity index (χ2v) is 14.2. The van der Waals surface area contributed by atoms with Crippen molar-refractivity contribution >= 4 is 33.2 Å². The van der Waals surface area contributed by atoms with Gasteiger partial charge in [-0.05, 0) is 44.9 Å². The number of hydrogen-bond acceptors (Lipinski definition) is 7. The molecule has 2 aliphatic rings. The van der Waals surface area contributed by atoms with Crippen LogP contribution in [0.4, 0.5) is 13.2 Å². The number of fused-ring (bicyclic) bond motifs is 1. The molecule has 2 fully saturated rings. The van der Waals surface area contributed by atoms with Gasteiger partial charge in [0.15, 0.2) is 0 Å². The highest BCUT2D eigenvalue weighted by Gasteiger charge is 2.57. The zero-order valence-corrected chi connectivity index (χ0v) is 26.2. The number of halogens is 3. The van der Waals surface area contributed by atoms with Crippen LogP contribution in [-0.2, 0) is 25.8 Å². The lowest BCUT2D eigenvalue weighted by molar-refractivity contribution is -0.145. The van der Waals surface area contributed by atoms with E-state index in [0.717, 1.165) is 18.4 Å². The maximum atomic E-state index is 14.4. The highest BCUT2D eigenvalue weighted by molar-refractivity contribution is 7.88. The molecule has 232 valence electrons. The first-order chi connectivity index (χ1) is 19.5. The van der Waals surface area contributed by atoms with Gasteiger partial charge in [0.05, 0.1) is 29.6 Å². The fraction of sp³-hybridized carbons (Fsp3) is 0.607. The first-order valence-electron chi connectivity index (χ1n) is 13.9. The van der Waals surface area contributed by atoms with E-state index in [-0.39, 0.29) is 24.3 Å². The molecule has 0 saturated carbocycles. The number of hydrogen-bond donors (Lipinski definition) is 2. The molecule has 3 heterocycles. The Labute approximate surface area is 248 Å². The van der Waals surface area contributed by atoms with Crippen molar-refractivity contribution in [3.05, 3.63) is 40.9 Å². The van der Waals surface area contributed by atoms with Crippen LogP contribution in [0.5, 0.6) is 0 Å². The molecule has 0 spiro atoms. The van der Waals surface area contributed by atoms with Gasteiger partial charge in [-0.15, -0.1) is 11.3 Å². The minimum atomic E-state index is -4.50. The van der Waals surface area contributed by atoms with Gasteiger partial charge in [0.1, 0.15) is 10.5 Å². The molecule has 9 nitrogen and oxygen atoms in total. The molecule has 5 atom stereocenters. The first kappa shape index (κ1) is 32.4. The molecule has 0 aliphatic carbocycles. The van der Waals surface area contributed by atoms with E-state index in [9.17, 15) is 31.2 Å².